The van der Waals surface area contributed by atoms with Crippen LogP contribution in [0.3, 0.4) is 0 Å². The maximum Gasteiger partial charge on any atom is 0.197 e. The zero-order valence-corrected chi connectivity index (χ0v) is 19.1. The van der Waals surface area contributed by atoms with Crippen LogP contribution in [0.2, 0.25) is 0 Å². The molecule has 31 heavy (non-hydrogen) atoms. The lowest BCUT2D eigenvalue weighted by Gasteiger charge is -2.29. The molecule has 0 saturated carbocycles. The number of aliphatic hydroxyl groups is 1. The monoisotopic (exact) mass is 458 g/mol. The molecular formula is C22H26F4N2O2S. The highest BCUT2D eigenvalue weighted by Crippen LogP contribution is 2.40. The average Bonchev–Trinajstić information content (AvgIpc) is 2.65. The van der Waals surface area contributed by atoms with Crippen LogP contribution in [0.1, 0.15) is 70.0 Å². The van der Waals surface area contributed by atoms with Crippen molar-refractivity contribution in [1.82, 2.24) is 9.97 Å². The zero-order chi connectivity index (χ0) is 23.7. The fourth-order valence-corrected chi connectivity index (χ4v) is 4.28. The van der Waals surface area contributed by atoms with Crippen LogP contribution in [-0.2, 0) is 22.6 Å². The number of carbonyl (C=O) groups is 1. The lowest BCUT2D eigenvalue weighted by Crippen LogP contribution is -2.26. The summed E-state index contributed by atoms with van der Waals surface area (Å²) in [7, 11) is 0. The number of carbonyl (C=O) groups excluding carboxylic acids is 1. The number of aliphatic hydroxyl groups excluding tert-OH is 1. The van der Waals surface area contributed by atoms with E-state index in [1.807, 2.05) is 41.5 Å². The molecule has 1 atom stereocenters. The first-order chi connectivity index (χ1) is 14.2. The summed E-state index contributed by atoms with van der Waals surface area (Å²) < 4.78 is 56.3. The standard InChI is InChI=1S/C22H26F4N2O2S/c1-21(2,3)14(11-7-27-20(28-8-11)22(4,5)6)19(30)31-10-13-17(25)15(23)12(9-29)16(24)18(13)26/h7-8,14,29H,9-10H2,1-6H3. The SMILES string of the molecule is CC(C)(C)c1ncc(C(C(=O)SCc2c(F)c(F)c(CO)c(F)c2F)C(C)(C)C)cn1. The molecule has 4 nitrogen and oxygen atoms in total. The van der Waals surface area contributed by atoms with Gasteiger partial charge in [0.05, 0.1) is 18.1 Å². The number of hydrogen-bond donors (Lipinski definition) is 1. The normalized spacial score (nSPS) is 13.4. The second-order valence-corrected chi connectivity index (χ2v) is 10.3. The molecule has 0 amide bonds. The van der Waals surface area contributed by atoms with Crippen LogP contribution in [0, 0.1) is 28.7 Å². The minimum Gasteiger partial charge on any atom is -0.391 e. The first-order valence-corrected chi connectivity index (χ1v) is 10.6. The summed E-state index contributed by atoms with van der Waals surface area (Å²) in [5, 5.41) is 8.49. The van der Waals surface area contributed by atoms with E-state index in [1.165, 1.54) is 0 Å². The highest BCUT2D eigenvalue weighted by molar-refractivity contribution is 8.13. The number of thioether (sulfide) groups is 1. The van der Waals surface area contributed by atoms with E-state index < -0.39 is 63.2 Å². The fourth-order valence-electron chi connectivity index (χ4n) is 3.08. The summed E-state index contributed by atoms with van der Waals surface area (Å²) in [6.45, 7) is 10.1. The third-order valence-corrected chi connectivity index (χ3v) is 5.69. The Hall–Kier alpha value is -2.00. The Bertz CT molecular complexity index is 938. The van der Waals surface area contributed by atoms with Gasteiger partial charge in [0.2, 0.25) is 0 Å². The van der Waals surface area contributed by atoms with E-state index >= 15 is 0 Å². The predicted octanol–water partition coefficient (Wildman–Crippen LogP) is 5.41. The van der Waals surface area contributed by atoms with Gasteiger partial charge < -0.3 is 5.11 Å². The van der Waals surface area contributed by atoms with Gasteiger partial charge in [-0.05, 0) is 5.41 Å². The molecule has 0 aliphatic rings. The molecule has 0 aliphatic carbocycles. The van der Waals surface area contributed by atoms with Crippen LogP contribution in [0.5, 0.6) is 0 Å². The Balaban J connectivity index is 2.34. The van der Waals surface area contributed by atoms with Crippen molar-refractivity contribution < 1.29 is 27.5 Å². The van der Waals surface area contributed by atoms with Gasteiger partial charge in [-0.15, -0.1) is 0 Å². The largest absolute Gasteiger partial charge is 0.391 e. The number of aromatic nitrogens is 2. The van der Waals surface area contributed by atoms with Gasteiger partial charge in [-0.2, -0.15) is 0 Å². The fraction of sp³-hybridized carbons (Fsp3) is 0.500. The Kier molecular flexibility index (Phi) is 7.53. The molecule has 0 fully saturated rings. The van der Waals surface area contributed by atoms with Crippen molar-refractivity contribution in [1.29, 1.82) is 0 Å². The number of rotatable bonds is 5. The second-order valence-electron chi connectivity index (χ2n) is 9.37. The molecule has 170 valence electrons. The summed E-state index contributed by atoms with van der Waals surface area (Å²) in [6.07, 6.45) is 3.11. The number of hydrogen-bond acceptors (Lipinski definition) is 5. The Morgan fingerprint density at radius 2 is 1.39 bits per heavy atom. The quantitative estimate of drug-likeness (QED) is 0.479. The summed E-state index contributed by atoms with van der Waals surface area (Å²) in [6, 6.07) is 0. The minimum atomic E-state index is -1.66. The van der Waals surface area contributed by atoms with Gasteiger partial charge in [0, 0.05) is 34.7 Å². The van der Waals surface area contributed by atoms with Crippen molar-refractivity contribution in [3.8, 4) is 0 Å². The maximum absolute atomic E-state index is 14.2. The first-order valence-electron chi connectivity index (χ1n) is 9.63. The summed E-state index contributed by atoms with van der Waals surface area (Å²) in [5.41, 5.74) is -2.30. The first kappa shape index (κ1) is 25.3. The molecule has 1 N–H and O–H groups in total. The van der Waals surface area contributed by atoms with Crippen LogP contribution in [0.25, 0.3) is 0 Å². The number of halogens is 4. The predicted molar refractivity (Wildman–Crippen MR) is 111 cm³/mol. The van der Waals surface area contributed by atoms with Crippen molar-refractivity contribution in [3.05, 3.63) is 58.2 Å². The highest BCUT2D eigenvalue weighted by atomic mass is 32.2. The van der Waals surface area contributed by atoms with E-state index in [0.29, 0.717) is 23.1 Å². The van der Waals surface area contributed by atoms with Gasteiger partial charge in [-0.3, -0.25) is 4.79 Å². The minimum absolute atomic E-state index is 0.279. The Morgan fingerprint density at radius 3 is 1.77 bits per heavy atom. The van der Waals surface area contributed by atoms with Crippen molar-refractivity contribution in [2.75, 3.05) is 0 Å². The molecular weight excluding hydrogens is 432 g/mol. The second kappa shape index (κ2) is 9.24. The molecule has 0 saturated heterocycles. The van der Waals surface area contributed by atoms with Gasteiger partial charge in [0.25, 0.3) is 0 Å². The van der Waals surface area contributed by atoms with Gasteiger partial charge in [-0.25, -0.2) is 27.5 Å². The van der Waals surface area contributed by atoms with E-state index in [1.54, 1.807) is 12.4 Å². The van der Waals surface area contributed by atoms with Gasteiger partial charge in [-0.1, -0.05) is 53.3 Å². The molecule has 2 rings (SSSR count). The maximum atomic E-state index is 14.2. The summed E-state index contributed by atoms with van der Waals surface area (Å²) >= 11 is 0.558. The zero-order valence-electron chi connectivity index (χ0n) is 18.3. The lowest BCUT2D eigenvalue weighted by molar-refractivity contribution is -0.114. The van der Waals surface area contributed by atoms with Crippen LogP contribution in [0.15, 0.2) is 12.4 Å². The smallest absolute Gasteiger partial charge is 0.197 e. The molecule has 2 aromatic rings. The van der Waals surface area contributed by atoms with Gasteiger partial charge in [0.15, 0.2) is 28.4 Å². The summed E-state index contributed by atoms with van der Waals surface area (Å²) in [5.74, 6) is -7.29. The van der Waals surface area contributed by atoms with Crippen molar-refractivity contribution >= 4 is 16.9 Å². The van der Waals surface area contributed by atoms with Crippen molar-refractivity contribution in [2.45, 2.75) is 65.2 Å². The highest BCUT2D eigenvalue weighted by Gasteiger charge is 2.35. The molecule has 9 heteroatoms. The molecule has 1 heterocycles. The average molecular weight is 459 g/mol. The lowest BCUT2D eigenvalue weighted by atomic mass is 9.78. The Morgan fingerprint density at radius 1 is 0.935 bits per heavy atom. The number of benzene rings is 1. The van der Waals surface area contributed by atoms with E-state index in [-0.39, 0.29) is 5.41 Å². The number of nitrogens with zero attached hydrogens (tertiary/aromatic N) is 2. The third kappa shape index (κ3) is 5.44. The van der Waals surface area contributed by atoms with E-state index in [2.05, 4.69) is 9.97 Å². The molecule has 1 aromatic heterocycles. The molecule has 1 aromatic carbocycles. The Labute approximate surface area is 183 Å². The van der Waals surface area contributed by atoms with E-state index in [0.717, 1.165) is 0 Å². The van der Waals surface area contributed by atoms with Gasteiger partial charge in [0.1, 0.15) is 5.82 Å². The molecule has 0 aliphatic heterocycles. The van der Waals surface area contributed by atoms with Crippen LogP contribution < -0.4 is 0 Å². The topological polar surface area (TPSA) is 63.1 Å². The van der Waals surface area contributed by atoms with Crippen LogP contribution >= 0.6 is 11.8 Å². The third-order valence-electron chi connectivity index (χ3n) is 4.74. The van der Waals surface area contributed by atoms with Gasteiger partial charge >= 0.3 is 0 Å². The molecule has 1 unspecified atom stereocenters. The molecule has 0 radical (unpaired) electrons. The molecule has 0 spiro atoms. The van der Waals surface area contributed by atoms with E-state index in [9.17, 15) is 22.4 Å². The van der Waals surface area contributed by atoms with Crippen molar-refractivity contribution in [3.63, 3.8) is 0 Å². The van der Waals surface area contributed by atoms with Crippen LogP contribution in [-0.4, -0.2) is 20.2 Å². The summed E-state index contributed by atoms with van der Waals surface area (Å²) in [4.78, 5) is 21.7. The molecule has 0 bridgehead atoms. The van der Waals surface area contributed by atoms with Crippen molar-refractivity contribution in [2.24, 2.45) is 5.41 Å². The van der Waals surface area contributed by atoms with Crippen LogP contribution in [0.4, 0.5) is 17.6 Å². The van der Waals surface area contributed by atoms with E-state index in [4.69, 9.17) is 5.11 Å².